The van der Waals surface area contributed by atoms with Gasteiger partial charge >= 0.3 is 5.97 Å². The highest BCUT2D eigenvalue weighted by Crippen LogP contribution is 2.29. The normalized spacial score (nSPS) is 13.1. The van der Waals surface area contributed by atoms with Gasteiger partial charge in [-0.2, -0.15) is 0 Å². The Hall–Kier alpha value is -4.92. The number of nitrogens with zero attached hydrogens (tertiary/aromatic N) is 1. The number of benzene rings is 3. The van der Waals surface area contributed by atoms with E-state index in [0.29, 0.717) is 16.7 Å². The van der Waals surface area contributed by atoms with Gasteiger partial charge in [-0.15, -0.1) is 0 Å². The number of non-ortho nitro benzene ring substituents is 1. The highest BCUT2D eigenvalue weighted by Gasteiger charge is 2.29. The molecule has 1 aliphatic rings. The zero-order chi connectivity index (χ0) is 25.1. The van der Waals surface area contributed by atoms with Gasteiger partial charge in [0.2, 0.25) is 0 Å². The van der Waals surface area contributed by atoms with Crippen molar-refractivity contribution in [1.82, 2.24) is 0 Å². The third kappa shape index (κ3) is 4.88. The van der Waals surface area contributed by atoms with Crippen molar-refractivity contribution in [2.45, 2.75) is 13.0 Å². The molecule has 35 heavy (non-hydrogen) atoms. The number of ketones is 2. The van der Waals surface area contributed by atoms with Crippen molar-refractivity contribution in [2.75, 3.05) is 5.32 Å². The van der Waals surface area contributed by atoms with Gasteiger partial charge in [0.1, 0.15) is 0 Å². The van der Waals surface area contributed by atoms with E-state index in [9.17, 15) is 29.3 Å². The van der Waals surface area contributed by atoms with Crippen LogP contribution in [0, 0.1) is 10.1 Å². The molecule has 9 nitrogen and oxygen atoms in total. The van der Waals surface area contributed by atoms with E-state index < -0.39 is 22.9 Å². The zero-order valence-corrected chi connectivity index (χ0v) is 18.4. The molecule has 0 saturated heterocycles. The molecule has 0 fully saturated rings. The molecule has 0 heterocycles. The lowest BCUT2D eigenvalue weighted by Crippen LogP contribution is -2.29. The number of nitro benzene ring substituents is 1. The van der Waals surface area contributed by atoms with Crippen LogP contribution in [0.3, 0.4) is 0 Å². The Labute approximate surface area is 199 Å². The quantitative estimate of drug-likeness (QED) is 0.195. The second-order valence-electron chi connectivity index (χ2n) is 7.72. The number of carbonyl (C=O) groups excluding carboxylic acids is 4. The zero-order valence-electron chi connectivity index (χ0n) is 18.4. The maximum absolute atomic E-state index is 12.8. The van der Waals surface area contributed by atoms with E-state index in [-0.39, 0.29) is 34.1 Å². The number of ether oxygens (including phenoxy) is 1. The number of amides is 1. The molecule has 1 N–H and O–H groups in total. The van der Waals surface area contributed by atoms with Gasteiger partial charge in [0.05, 0.1) is 4.92 Å². The molecular weight excluding hydrogens is 452 g/mol. The Balaban J connectivity index is 1.41. The third-order valence-electron chi connectivity index (χ3n) is 5.35. The Kier molecular flexibility index (Phi) is 6.32. The van der Waals surface area contributed by atoms with E-state index >= 15 is 0 Å². The third-order valence-corrected chi connectivity index (χ3v) is 5.35. The van der Waals surface area contributed by atoms with Crippen LogP contribution in [0.2, 0.25) is 0 Å². The summed E-state index contributed by atoms with van der Waals surface area (Å²) in [5.74, 6) is -2.05. The number of fused-ring (bicyclic) bond motifs is 2. The smallest absolute Gasteiger partial charge is 0.331 e. The molecule has 0 aromatic heterocycles. The topological polar surface area (TPSA) is 133 Å². The first-order valence-corrected chi connectivity index (χ1v) is 10.5. The molecule has 0 saturated carbocycles. The van der Waals surface area contributed by atoms with Crippen LogP contribution in [0.4, 0.5) is 11.4 Å². The summed E-state index contributed by atoms with van der Waals surface area (Å²) in [6, 6.07) is 16.6. The summed E-state index contributed by atoms with van der Waals surface area (Å²) in [6.07, 6.45) is 1.22. The molecule has 0 bridgehead atoms. The first-order valence-electron chi connectivity index (χ1n) is 10.5. The number of carbonyl (C=O) groups is 4. The average Bonchev–Trinajstić information content (AvgIpc) is 2.86. The molecule has 1 unspecified atom stereocenters. The molecule has 1 aliphatic carbocycles. The van der Waals surface area contributed by atoms with Crippen LogP contribution in [0.1, 0.15) is 44.3 Å². The molecule has 4 rings (SSSR count). The minimum atomic E-state index is -1.17. The van der Waals surface area contributed by atoms with Crippen molar-refractivity contribution < 1.29 is 28.8 Å². The Morgan fingerprint density at radius 2 is 1.57 bits per heavy atom. The Morgan fingerprint density at radius 1 is 0.914 bits per heavy atom. The first kappa shape index (κ1) is 23.2. The van der Waals surface area contributed by atoms with Gasteiger partial charge in [-0.05, 0) is 36.8 Å². The fourth-order valence-corrected chi connectivity index (χ4v) is 3.59. The van der Waals surface area contributed by atoms with Crippen LogP contribution in [0.25, 0.3) is 6.08 Å². The van der Waals surface area contributed by atoms with Crippen LogP contribution in [-0.2, 0) is 14.3 Å². The number of rotatable bonds is 6. The summed E-state index contributed by atoms with van der Waals surface area (Å²) >= 11 is 0. The molecule has 174 valence electrons. The van der Waals surface area contributed by atoms with E-state index in [2.05, 4.69) is 5.32 Å². The van der Waals surface area contributed by atoms with Crippen LogP contribution in [0.5, 0.6) is 0 Å². The second kappa shape index (κ2) is 9.52. The first-order chi connectivity index (χ1) is 16.7. The molecule has 0 spiro atoms. The highest BCUT2D eigenvalue weighted by molar-refractivity contribution is 6.28. The summed E-state index contributed by atoms with van der Waals surface area (Å²) in [5, 5.41) is 13.4. The van der Waals surface area contributed by atoms with E-state index in [4.69, 9.17) is 4.74 Å². The molecule has 9 heteroatoms. The van der Waals surface area contributed by atoms with Gasteiger partial charge in [-0.25, -0.2) is 4.79 Å². The van der Waals surface area contributed by atoms with Crippen molar-refractivity contribution in [2.24, 2.45) is 0 Å². The lowest BCUT2D eigenvalue weighted by atomic mass is 9.84. The van der Waals surface area contributed by atoms with Gasteiger partial charge in [-0.1, -0.05) is 36.4 Å². The molecule has 3 aromatic carbocycles. The lowest BCUT2D eigenvalue weighted by molar-refractivity contribution is -0.384. The predicted octanol–water partition coefficient (Wildman–Crippen LogP) is 3.95. The molecule has 0 aliphatic heterocycles. The number of nitro groups is 1. The van der Waals surface area contributed by atoms with Crippen molar-refractivity contribution in [3.05, 3.63) is 111 Å². The van der Waals surface area contributed by atoms with Gasteiger partial charge in [0.15, 0.2) is 17.7 Å². The summed E-state index contributed by atoms with van der Waals surface area (Å²) in [6.45, 7) is 1.37. The van der Waals surface area contributed by atoms with Crippen molar-refractivity contribution >= 4 is 40.9 Å². The summed E-state index contributed by atoms with van der Waals surface area (Å²) in [7, 11) is 0. The van der Waals surface area contributed by atoms with Gasteiger partial charge in [0, 0.05) is 46.1 Å². The monoisotopic (exact) mass is 470 g/mol. The van der Waals surface area contributed by atoms with Crippen molar-refractivity contribution in [1.29, 1.82) is 0 Å². The minimum absolute atomic E-state index is 0.123. The summed E-state index contributed by atoms with van der Waals surface area (Å²) < 4.78 is 5.09. The summed E-state index contributed by atoms with van der Waals surface area (Å²) in [5.41, 5.74) is 1.62. The molecule has 0 radical (unpaired) electrons. The Bertz CT molecular complexity index is 1420. The van der Waals surface area contributed by atoms with E-state index in [0.717, 1.165) is 6.08 Å². The van der Waals surface area contributed by atoms with Crippen LogP contribution in [0.15, 0.2) is 72.8 Å². The predicted molar refractivity (Wildman–Crippen MR) is 126 cm³/mol. The van der Waals surface area contributed by atoms with Crippen LogP contribution < -0.4 is 5.32 Å². The average molecular weight is 470 g/mol. The second-order valence-corrected chi connectivity index (χ2v) is 7.72. The SMILES string of the molecule is CC(OC(=O)/C=C/c1cccc([N+](=O)[O-])c1)C(=O)Nc1ccc2c(c1)C(=O)c1ccccc1C2=O. The minimum Gasteiger partial charge on any atom is -0.449 e. The molecule has 1 amide bonds. The van der Waals surface area contributed by atoms with Gasteiger partial charge in [0.25, 0.3) is 11.6 Å². The Morgan fingerprint density at radius 3 is 2.26 bits per heavy atom. The number of hydrogen-bond donors (Lipinski definition) is 1. The van der Waals surface area contributed by atoms with Crippen LogP contribution in [-0.4, -0.2) is 34.5 Å². The fourth-order valence-electron chi connectivity index (χ4n) is 3.59. The lowest BCUT2D eigenvalue weighted by Gasteiger charge is -2.18. The molecule has 1 atom stereocenters. The van der Waals surface area contributed by atoms with Crippen LogP contribution >= 0.6 is 0 Å². The number of anilines is 1. The summed E-state index contributed by atoms with van der Waals surface area (Å²) in [4.78, 5) is 60.4. The van der Waals surface area contributed by atoms with E-state index in [1.165, 1.54) is 49.4 Å². The fraction of sp³-hybridized carbons (Fsp3) is 0.0769. The standard InChI is InChI=1S/C26H18N2O7/c1-15(35-23(29)12-9-16-5-4-6-18(13-16)28(33)34)26(32)27-17-10-11-21-22(14-17)25(31)20-8-3-2-7-19(20)24(21)30/h2-15H,1H3,(H,27,32)/b12-9+. The van der Waals surface area contributed by atoms with E-state index in [1.54, 1.807) is 30.3 Å². The maximum Gasteiger partial charge on any atom is 0.331 e. The van der Waals surface area contributed by atoms with Crippen molar-refractivity contribution in [3.8, 4) is 0 Å². The molecule has 3 aromatic rings. The van der Waals surface area contributed by atoms with Gasteiger partial charge in [-0.3, -0.25) is 24.5 Å². The largest absolute Gasteiger partial charge is 0.449 e. The van der Waals surface area contributed by atoms with Crippen molar-refractivity contribution in [3.63, 3.8) is 0 Å². The molecular formula is C26H18N2O7. The highest BCUT2D eigenvalue weighted by atomic mass is 16.6. The number of hydrogen-bond acceptors (Lipinski definition) is 7. The van der Waals surface area contributed by atoms with Gasteiger partial charge < -0.3 is 10.1 Å². The van der Waals surface area contributed by atoms with E-state index in [1.807, 2.05) is 0 Å². The number of esters is 1. The number of nitrogens with one attached hydrogen (secondary N) is 1. The maximum atomic E-state index is 12.8.